The van der Waals surface area contributed by atoms with Gasteiger partial charge in [-0.2, -0.15) is 0 Å². The fraction of sp³-hybridized carbons (Fsp3) is 0.600. The van der Waals surface area contributed by atoms with E-state index in [0.29, 0.717) is 0 Å². The molecular weight excluding hydrogens is 280 g/mol. The molecule has 0 rings (SSSR count). The number of aliphatic hydroxyl groups is 2. The molecule has 4 N–H and O–H groups in total. The maximum Gasteiger partial charge on any atom is 0.335 e. The number of aliphatic hydroxyl groups excluding tert-OH is 2. The monoisotopic (exact) mass is 294 g/mol. The second-order valence-corrected chi connectivity index (χ2v) is 3.56. The lowest BCUT2D eigenvalue weighted by Crippen LogP contribution is -2.29. The van der Waals surface area contributed by atoms with Crippen molar-refractivity contribution in [3.8, 4) is 0 Å². The van der Waals surface area contributed by atoms with Crippen LogP contribution in [0.3, 0.4) is 0 Å². The summed E-state index contributed by atoms with van der Waals surface area (Å²) in [6.45, 7) is -0.942. The average molecular weight is 294 g/mol. The van der Waals surface area contributed by atoms with E-state index < -0.39 is 62.1 Å². The molecule has 0 aromatic carbocycles. The first kappa shape index (κ1) is 17.8. The van der Waals surface area contributed by atoms with Crippen LogP contribution in [0, 0.1) is 0 Å². The first-order valence-electron chi connectivity index (χ1n) is 5.37. The molecule has 0 aliphatic rings. The first-order chi connectivity index (χ1) is 9.23. The minimum Gasteiger partial charge on any atom is -0.481 e. The normalized spacial score (nSPS) is 13.1. The molecule has 0 aliphatic carbocycles. The number of rotatable bonds is 9. The number of esters is 2. The van der Waals surface area contributed by atoms with E-state index in [9.17, 15) is 19.2 Å². The van der Waals surface area contributed by atoms with Gasteiger partial charge < -0.3 is 29.9 Å². The number of carbonyl (C=O) groups excluding carboxylic acids is 2. The molecule has 0 saturated heterocycles. The smallest absolute Gasteiger partial charge is 0.335 e. The number of hydrogen-bond acceptors (Lipinski definition) is 8. The Balaban J connectivity index is 3.85. The summed E-state index contributed by atoms with van der Waals surface area (Å²) in [6.07, 6.45) is -5.31. The van der Waals surface area contributed by atoms with Crippen LogP contribution in [0.1, 0.15) is 12.8 Å². The fourth-order valence-electron chi connectivity index (χ4n) is 0.974. The maximum absolute atomic E-state index is 11.0. The molecule has 2 atom stereocenters. The van der Waals surface area contributed by atoms with Gasteiger partial charge in [-0.25, -0.2) is 9.59 Å². The Kier molecular flexibility index (Phi) is 7.85. The summed E-state index contributed by atoms with van der Waals surface area (Å²) in [5, 5.41) is 34.6. The highest BCUT2D eigenvalue weighted by Crippen LogP contribution is 1.97. The van der Waals surface area contributed by atoms with Crippen LogP contribution in [0.2, 0.25) is 0 Å². The highest BCUT2D eigenvalue weighted by atomic mass is 16.6. The molecule has 0 heterocycles. The summed E-state index contributed by atoms with van der Waals surface area (Å²) in [5.41, 5.74) is 0. The van der Waals surface area contributed by atoms with E-state index in [2.05, 4.69) is 9.47 Å². The molecule has 2 unspecified atom stereocenters. The second-order valence-electron chi connectivity index (χ2n) is 3.56. The molecule has 0 saturated carbocycles. The Morgan fingerprint density at radius 2 is 1.05 bits per heavy atom. The Morgan fingerprint density at radius 1 is 0.750 bits per heavy atom. The summed E-state index contributed by atoms with van der Waals surface area (Å²) < 4.78 is 8.78. The van der Waals surface area contributed by atoms with E-state index in [1.807, 2.05) is 0 Å². The van der Waals surface area contributed by atoms with Crippen molar-refractivity contribution in [3.63, 3.8) is 0 Å². The van der Waals surface area contributed by atoms with Crippen LogP contribution in [0.25, 0.3) is 0 Å². The van der Waals surface area contributed by atoms with Gasteiger partial charge in [-0.1, -0.05) is 0 Å². The van der Waals surface area contributed by atoms with E-state index in [1.165, 1.54) is 0 Å². The van der Waals surface area contributed by atoms with Crippen molar-refractivity contribution in [1.29, 1.82) is 0 Å². The highest BCUT2D eigenvalue weighted by Gasteiger charge is 2.22. The third-order valence-corrected chi connectivity index (χ3v) is 1.85. The lowest BCUT2D eigenvalue weighted by Gasteiger charge is -2.10. The van der Waals surface area contributed by atoms with Gasteiger partial charge in [0.2, 0.25) is 0 Å². The van der Waals surface area contributed by atoms with Gasteiger partial charge in [0.25, 0.3) is 0 Å². The van der Waals surface area contributed by atoms with Gasteiger partial charge in [-0.05, 0) is 0 Å². The maximum atomic E-state index is 11.0. The zero-order valence-corrected chi connectivity index (χ0v) is 10.2. The Hall–Kier alpha value is -2.20. The summed E-state index contributed by atoms with van der Waals surface area (Å²) in [6, 6.07) is 0. The van der Waals surface area contributed by atoms with Crippen molar-refractivity contribution in [2.24, 2.45) is 0 Å². The van der Waals surface area contributed by atoms with Crippen LogP contribution in [0.5, 0.6) is 0 Å². The Labute approximate surface area is 112 Å². The molecule has 10 nitrogen and oxygen atoms in total. The summed E-state index contributed by atoms with van der Waals surface area (Å²) in [7, 11) is 0. The van der Waals surface area contributed by atoms with Crippen LogP contribution in [-0.4, -0.2) is 69.7 Å². The lowest BCUT2D eigenvalue weighted by atomic mass is 10.2. The highest BCUT2D eigenvalue weighted by molar-refractivity contribution is 5.81. The van der Waals surface area contributed by atoms with Crippen molar-refractivity contribution in [2.45, 2.75) is 25.0 Å². The molecule has 0 amide bonds. The van der Waals surface area contributed by atoms with E-state index in [4.69, 9.17) is 20.4 Å². The number of ether oxygens (including phenoxy) is 2. The molecule has 0 aromatic heterocycles. The van der Waals surface area contributed by atoms with Crippen LogP contribution in [0.15, 0.2) is 0 Å². The lowest BCUT2D eigenvalue weighted by molar-refractivity contribution is -0.165. The molecule has 0 aromatic rings. The Morgan fingerprint density at radius 3 is 1.30 bits per heavy atom. The van der Waals surface area contributed by atoms with E-state index in [1.54, 1.807) is 0 Å². The largest absolute Gasteiger partial charge is 0.481 e. The van der Waals surface area contributed by atoms with Crippen molar-refractivity contribution in [1.82, 2.24) is 0 Å². The molecule has 0 aliphatic heterocycles. The quantitative estimate of drug-likeness (QED) is 0.269. The van der Waals surface area contributed by atoms with Gasteiger partial charge in [0.05, 0.1) is 12.8 Å². The average Bonchev–Trinajstić information content (AvgIpc) is 2.32. The predicted octanol–water partition coefficient (Wildman–Crippen LogP) is -2.26. The predicted molar refractivity (Wildman–Crippen MR) is 58.4 cm³/mol. The van der Waals surface area contributed by atoms with Gasteiger partial charge in [-0.3, -0.25) is 9.59 Å². The molecule has 114 valence electrons. The van der Waals surface area contributed by atoms with Crippen LogP contribution in [-0.2, 0) is 28.7 Å². The standard InChI is InChI=1S/C10H14O10/c11-5(3-7(13)14)9(17)19-1-2-20-10(18)6(12)4-8(15)16/h5-6,11-12H,1-4H2,(H,13,14)(H,15,16). The zero-order valence-electron chi connectivity index (χ0n) is 10.2. The third kappa shape index (κ3) is 8.00. The molecular formula is C10H14O10. The van der Waals surface area contributed by atoms with Crippen molar-refractivity contribution in [2.75, 3.05) is 13.2 Å². The first-order valence-corrected chi connectivity index (χ1v) is 5.37. The van der Waals surface area contributed by atoms with Gasteiger partial charge in [0.1, 0.15) is 13.2 Å². The number of carboxylic acids is 2. The van der Waals surface area contributed by atoms with Crippen LogP contribution in [0.4, 0.5) is 0 Å². The second kappa shape index (κ2) is 8.82. The van der Waals surface area contributed by atoms with E-state index in [0.717, 1.165) is 0 Å². The summed E-state index contributed by atoms with van der Waals surface area (Å²) >= 11 is 0. The fourth-order valence-corrected chi connectivity index (χ4v) is 0.974. The van der Waals surface area contributed by atoms with Crippen LogP contribution < -0.4 is 0 Å². The van der Waals surface area contributed by atoms with E-state index >= 15 is 0 Å². The van der Waals surface area contributed by atoms with Gasteiger partial charge >= 0.3 is 23.9 Å². The summed E-state index contributed by atoms with van der Waals surface area (Å²) in [4.78, 5) is 42.4. The minimum atomic E-state index is -1.83. The molecule has 0 bridgehead atoms. The minimum absolute atomic E-state index is 0.471. The zero-order chi connectivity index (χ0) is 15.7. The molecule has 0 spiro atoms. The van der Waals surface area contributed by atoms with Crippen LogP contribution >= 0.6 is 0 Å². The summed E-state index contributed by atoms with van der Waals surface area (Å²) in [5.74, 6) is -5.18. The molecule has 10 heteroatoms. The number of hydrogen-bond donors (Lipinski definition) is 4. The van der Waals surface area contributed by atoms with Gasteiger partial charge in [0, 0.05) is 0 Å². The van der Waals surface area contributed by atoms with E-state index in [-0.39, 0.29) is 0 Å². The molecule has 20 heavy (non-hydrogen) atoms. The number of carbonyl (C=O) groups is 4. The Bertz CT molecular complexity index is 340. The van der Waals surface area contributed by atoms with Gasteiger partial charge in [-0.15, -0.1) is 0 Å². The third-order valence-electron chi connectivity index (χ3n) is 1.85. The molecule has 0 fully saturated rings. The topological polar surface area (TPSA) is 168 Å². The number of aliphatic carboxylic acids is 2. The van der Waals surface area contributed by atoms with Crippen molar-refractivity contribution in [3.05, 3.63) is 0 Å². The van der Waals surface area contributed by atoms with Crippen molar-refractivity contribution >= 4 is 23.9 Å². The van der Waals surface area contributed by atoms with Crippen molar-refractivity contribution < 1.29 is 49.1 Å². The SMILES string of the molecule is O=C(O)CC(O)C(=O)OCCOC(=O)C(O)CC(=O)O. The molecule has 0 radical (unpaired) electrons. The van der Waals surface area contributed by atoms with Gasteiger partial charge in [0.15, 0.2) is 12.2 Å². The number of carboxylic acid groups (broad SMARTS) is 2.